The Morgan fingerprint density at radius 2 is 1.50 bits per heavy atom. The van der Waals surface area contributed by atoms with Crippen molar-refractivity contribution in [1.29, 1.82) is 0 Å². The molecule has 4 atom stereocenters. The van der Waals surface area contributed by atoms with Gasteiger partial charge in [-0.2, -0.15) is 0 Å². The van der Waals surface area contributed by atoms with Crippen LogP contribution in [0.5, 0.6) is 0 Å². The fourth-order valence-electron chi connectivity index (χ4n) is 10.9. The second kappa shape index (κ2) is 22.8. The van der Waals surface area contributed by atoms with Crippen LogP contribution in [-0.2, 0) is 15.9 Å². The number of aryl methyl sites for hydroxylation is 5. The fourth-order valence-corrected chi connectivity index (χ4v) is 10.9. The van der Waals surface area contributed by atoms with Gasteiger partial charge in [-0.15, -0.1) is 0 Å². The molecule has 4 aliphatic carbocycles. The Morgan fingerprint density at radius 1 is 0.721 bits per heavy atom. The Bertz CT molecular complexity index is 2690. The van der Waals surface area contributed by atoms with E-state index in [-0.39, 0.29) is 6.04 Å². The number of hydrogen-bond acceptors (Lipinski definition) is 3. The van der Waals surface area contributed by atoms with Gasteiger partial charge in [-0.1, -0.05) is 138 Å². The number of hydrogen-bond donors (Lipinski definition) is 0. The van der Waals surface area contributed by atoms with Crippen molar-refractivity contribution in [3.05, 3.63) is 224 Å². The summed E-state index contributed by atoms with van der Waals surface area (Å²) in [5.41, 5.74) is 20.1. The van der Waals surface area contributed by atoms with Crippen LogP contribution in [0.3, 0.4) is 0 Å². The third kappa shape index (κ3) is 12.3. The van der Waals surface area contributed by atoms with E-state index >= 15 is 0 Å². The van der Waals surface area contributed by atoms with Gasteiger partial charge in [0.15, 0.2) is 0 Å². The third-order valence-electron chi connectivity index (χ3n) is 15.0. The first-order chi connectivity index (χ1) is 33.0. The summed E-state index contributed by atoms with van der Waals surface area (Å²) in [5, 5.41) is 0. The number of nitrogens with zero attached hydrogens (tertiary/aromatic N) is 1. The van der Waals surface area contributed by atoms with E-state index in [0.29, 0.717) is 17.8 Å². The van der Waals surface area contributed by atoms with Crippen LogP contribution in [0, 0.1) is 39.5 Å². The van der Waals surface area contributed by atoms with Crippen LogP contribution in [-0.4, -0.2) is 20.3 Å². The summed E-state index contributed by atoms with van der Waals surface area (Å²) in [4.78, 5) is 2.52. The second-order valence-corrected chi connectivity index (χ2v) is 20.1. The van der Waals surface area contributed by atoms with E-state index in [0.717, 1.165) is 50.0 Å². The molecule has 0 saturated carbocycles. The number of allylic oxidation sites excluding steroid dienone is 13. The lowest BCUT2D eigenvalue weighted by molar-refractivity contribution is 0.295. The molecular formula is C65H75NO2. The number of anilines is 2. The van der Waals surface area contributed by atoms with Gasteiger partial charge in [0.25, 0.3) is 0 Å². The molecule has 0 fully saturated rings. The van der Waals surface area contributed by atoms with Gasteiger partial charge in [0.05, 0.1) is 20.3 Å². The van der Waals surface area contributed by atoms with E-state index in [1.807, 2.05) is 0 Å². The van der Waals surface area contributed by atoms with E-state index in [9.17, 15) is 0 Å². The normalized spacial score (nSPS) is 20.2. The van der Waals surface area contributed by atoms with Crippen molar-refractivity contribution in [1.82, 2.24) is 0 Å². The summed E-state index contributed by atoms with van der Waals surface area (Å²) in [6.07, 6.45) is 38.3. The highest BCUT2D eigenvalue weighted by Crippen LogP contribution is 2.39. The molecule has 0 aliphatic heterocycles. The molecule has 8 rings (SSSR count). The molecule has 0 heterocycles. The first-order valence-corrected chi connectivity index (χ1v) is 25.5. The SMILES string of the molecule is COC1=CC(/C=C/C2CC=C(CC(CCCc3ccc(C4=CCC(N(c5ccc(/C=C/C6=CC(OC)=C(C)CC6)cc5)c5ccc(C)cc5C)C=C4)cc3)c3ccc(C)cc3C)CC2)CC=C1C. The van der Waals surface area contributed by atoms with Crippen molar-refractivity contribution in [3.8, 4) is 0 Å². The molecule has 0 aromatic heterocycles. The van der Waals surface area contributed by atoms with Crippen molar-refractivity contribution in [3.63, 3.8) is 0 Å². The van der Waals surface area contributed by atoms with Crippen molar-refractivity contribution in [2.24, 2.45) is 11.8 Å². The summed E-state index contributed by atoms with van der Waals surface area (Å²) in [6.45, 7) is 13.3. The van der Waals surface area contributed by atoms with Gasteiger partial charge in [0, 0.05) is 17.3 Å². The fraction of sp³-hybridized carbons (Fsp3) is 0.354. The molecule has 0 bridgehead atoms. The minimum absolute atomic E-state index is 0.208. The Morgan fingerprint density at radius 3 is 2.19 bits per heavy atom. The highest BCUT2D eigenvalue weighted by Gasteiger charge is 2.23. The van der Waals surface area contributed by atoms with Gasteiger partial charge in [-0.05, 0) is 210 Å². The lowest BCUT2D eigenvalue weighted by Gasteiger charge is -2.34. The lowest BCUT2D eigenvalue weighted by atomic mass is 9.80. The van der Waals surface area contributed by atoms with Gasteiger partial charge in [0.2, 0.25) is 0 Å². The highest BCUT2D eigenvalue weighted by atomic mass is 16.5. The van der Waals surface area contributed by atoms with Crippen molar-refractivity contribution < 1.29 is 9.47 Å². The van der Waals surface area contributed by atoms with Crippen molar-refractivity contribution in [2.75, 3.05) is 19.1 Å². The minimum Gasteiger partial charge on any atom is -0.497 e. The summed E-state index contributed by atoms with van der Waals surface area (Å²) in [5.74, 6) is 3.63. The van der Waals surface area contributed by atoms with Crippen molar-refractivity contribution in [2.45, 2.75) is 124 Å². The summed E-state index contributed by atoms with van der Waals surface area (Å²) in [7, 11) is 3.54. The molecule has 0 amide bonds. The van der Waals surface area contributed by atoms with E-state index in [1.165, 1.54) is 110 Å². The molecule has 68 heavy (non-hydrogen) atoms. The number of ether oxygens (including phenoxy) is 2. The predicted octanol–water partition coefficient (Wildman–Crippen LogP) is 17.4. The van der Waals surface area contributed by atoms with Gasteiger partial charge in [0.1, 0.15) is 11.5 Å². The summed E-state index contributed by atoms with van der Waals surface area (Å²) in [6, 6.07) is 32.6. The predicted molar refractivity (Wildman–Crippen MR) is 290 cm³/mol. The lowest BCUT2D eigenvalue weighted by Crippen LogP contribution is -2.30. The minimum atomic E-state index is 0.208. The number of methoxy groups -OCH3 is 2. The average molecular weight is 902 g/mol. The van der Waals surface area contributed by atoms with Crippen LogP contribution >= 0.6 is 0 Å². The van der Waals surface area contributed by atoms with Crippen LogP contribution in [0.15, 0.2) is 180 Å². The zero-order valence-electron chi connectivity index (χ0n) is 42.3. The Hall–Kier alpha value is -6.06. The van der Waals surface area contributed by atoms with Gasteiger partial charge < -0.3 is 14.4 Å². The van der Waals surface area contributed by atoms with E-state index in [1.54, 1.807) is 19.8 Å². The van der Waals surface area contributed by atoms with Crippen LogP contribution in [0.2, 0.25) is 0 Å². The molecule has 0 saturated heterocycles. The average Bonchev–Trinajstić information content (AvgIpc) is 3.35. The first kappa shape index (κ1) is 48.4. The van der Waals surface area contributed by atoms with E-state index < -0.39 is 0 Å². The Kier molecular flexibility index (Phi) is 16.2. The number of rotatable bonds is 17. The topological polar surface area (TPSA) is 21.7 Å². The Labute approximate surface area is 409 Å². The zero-order valence-corrected chi connectivity index (χ0v) is 42.3. The summed E-state index contributed by atoms with van der Waals surface area (Å²) < 4.78 is 11.2. The maximum Gasteiger partial charge on any atom is 0.118 e. The maximum absolute atomic E-state index is 5.60. The molecule has 352 valence electrons. The standard InChI is InChI=1S/C65H75NO2/c1-45-12-38-62(49(5)40-45)59(42-54-22-18-52(19-23-54)20-24-55-16-14-47(3)64(43-55)67-7)11-9-10-51-26-30-57(31-27-51)58-32-36-61(37-33-58)66(63-39-13-46(2)41-50(63)6)60-34-28-53(29-35-60)21-25-56-17-15-48(4)65(44-56)68-8/h12-14,20-22,24-36,38-41,43-44,52,55,59,61H,9-11,15-19,23,37,42H2,1-8H3/b24-20+,25-21+. The van der Waals surface area contributed by atoms with Crippen molar-refractivity contribution >= 4 is 23.0 Å². The molecule has 3 nitrogen and oxygen atoms in total. The highest BCUT2D eigenvalue weighted by molar-refractivity contribution is 5.77. The molecule has 4 aliphatic rings. The largest absolute Gasteiger partial charge is 0.497 e. The molecule has 4 aromatic carbocycles. The van der Waals surface area contributed by atoms with Crippen LogP contribution < -0.4 is 4.90 Å². The molecule has 0 N–H and O–H groups in total. The van der Waals surface area contributed by atoms with Crippen LogP contribution in [0.25, 0.3) is 11.6 Å². The molecular weight excluding hydrogens is 827 g/mol. The quantitative estimate of drug-likeness (QED) is 0.0986. The third-order valence-corrected chi connectivity index (χ3v) is 15.0. The molecule has 0 spiro atoms. The first-order valence-electron chi connectivity index (χ1n) is 25.5. The van der Waals surface area contributed by atoms with Gasteiger partial charge >= 0.3 is 0 Å². The molecule has 4 aromatic rings. The van der Waals surface area contributed by atoms with Crippen LogP contribution in [0.1, 0.15) is 128 Å². The zero-order chi connectivity index (χ0) is 47.6. The maximum atomic E-state index is 5.60. The Balaban J connectivity index is 0.889. The second-order valence-electron chi connectivity index (χ2n) is 20.1. The van der Waals surface area contributed by atoms with Gasteiger partial charge in [-0.3, -0.25) is 0 Å². The number of benzene rings is 4. The van der Waals surface area contributed by atoms with E-state index in [4.69, 9.17) is 9.47 Å². The monoisotopic (exact) mass is 902 g/mol. The smallest absolute Gasteiger partial charge is 0.118 e. The summed E-state index contributed by atoms with van der Waals surface area (Å²) >= 11 is 0. The molecule has 0 radical (unpaired) electrons. The van der Waals surface area contributed by atoms with Gasteiger partial charge in [-0.25, -0.2) is 0 Å². The molecule has 4 unspecified atom stereocenters. The van der Waals surface area contributed by atoms with Crippen LogP contribution in [0.4, 0.5) is 11.4 Å². The van der Waals surface area contributed by atoms with E-state index in [2.05, 4.69) is 198 Å². The molecule has 3 heteroatoms.